The molecule has 19 heavy (non-hydrogen) atoms. The molecule has 0 aliphatic heterocycles. The first-order valence-corrected chi connectivity index (χ1v) is 5.77. The first-order valence-electron chi connectivity index (χ1n) is 5.77. The van der Waals surface area contributed by atoms with Gasteiger partial charge < -0.3 is 0 Å². The molecule has 6 nitrogen and oxygen atoms in total. The van der Waals surface area contributed by atoms with E-state index < -0.39 is 0 Å². The van der Waals surface area contributed by atoms with Gasteiger partial charge in [-0.05, 0) is 30.7 Å². The Bertz CT molecular complexity index is 735. The van der Waals surface area contributed by atoms with E-state index in [1.165, 1.54) is 0 Å². The predicted octanol–water partition coefficient (Wildman–Crippen LogP) is 1.69. The van der Waals surface area contributed by atoms with E-state index in [1.807, 2.05) is 25.3 Å². The van der Waals surface area contributed by atoms with Gasteiger partial charge in [0.1, 0.15) is 0 Å². The third kappa shape index (κ3) is 2.28. The lowest BCUT2D eigenvalue weighted by molar-refractivity contribution is 0.102. The van der Waals surface area contributed by atoms with Gasteiger partial charge in [0.2, 0.25) is 5.95 Å². The van der Waals surface area contributed by atoms with E-state index in [1.54, 1.807) is 29.0 Å². The van der Waals surface area contributed by atoms with Gasteiger partial charge in [0, 0.05) is 24.2 Å². The summed E-state index contributed by atoms with van der Waals surface area (Å²) in [6.45, 7) is 1.97. The zero-order valence-corrected chi connectivity index (χ0v) is 10.2. The predicted molar refractivity (Wildman–Crippen MR) is 69.9 cm³/mol. The quantitative estimate of drug-likeness (QED) is 0.754. The topological polar surface area (TPSA) is 72.2 Å². The number of rotatable bonds is 2. The Balaban J connectivity index is 1.87. The summed E-state index contributed by atoms with van der Waals surface area (Å²) in [5.41, 5.74) is 2.28. The third-order valence-corrected chi connectivity index (χ3v) is 2.65. The molecule has 1 amide bonds. The SMILES string of the molecule is Cc1ccc2nc(NC(=O)c3ccncc3)nn2c1. The summed E-state index contributed by atoms with van der Waals surface area (Å²) in [4.78, 5) is 20.0. The Hall–Kier alpha value is -2.76. The fourth-order valence-corrected chi connectivity index (χ4v) is 1.72. The monoisotopic (exact) mass is 253 g/mol. The number of fused-ring (bicyclic) bond motifs is 1. The number of amides is 1. The molecular weight excluding hydrogens is 242 g/mol. The lowest BCUT2D eigenvalue weighted by Crippen LogP contribution is -2.13. The van der Waals surface area contributed by atoms with Crippen LogP contribution in [0.2, 0.25) is 0 Å². The molecule has 0 saturated heterocycles. The highest BCUT2D eigenvalue weighted by atomic mass is 16.1. The maximum atomic E-state index is 11.9. The molecule has 3 heterocycles. The Labute approximate surface area is 109 Å². The number of anilines is 1. The molecule has 94 valence electrons. The molecule has 0 aliphatic carbocycles. The van der Waals surface area contributed by atoms with Crippen molar-refractivity contribution in [3.8, 4) is 0 Å². The van der Waals surface area contributed by atoms with Crippen LogP contribution in [0.5, 0.6) is 0 Å². The molecule has 0 unspecified atom stereocenters. The highest BCUT2D eigenvalue weighted by Crippen LogP contribution is 2.08. The van der Waals surface area contributed by atoms with Crippen molar-refractivity contribution in [1.29, 1.82) is 0 Å². The summed E-state index contributed by atoms with van der Waals surface area (Å²) < 4.78 is 1.64. The van der Waals surface area contributed by atoms with Crippen LogP contribution in [0.1, 0.15) is 15.9 Å². The smallest absolute Gasteiger partial charge is 0.258 e. The second-order valence-electron chi connectivity index (χ2n) is 4.13. The van der Waals surface area contributed by atoms with Crippen molar-refractivity contribution in [3.05, 3.63) is 54.0 Å². The number of aromatic nitrogens is 4. The molecule has 0 bridgehead atoms. The Kier molecular flexibility index (Phi) is 2.68. The molecule has 0 fully saturated rings. The maximum Gasteiger partial charge on any atom is 0.258 e. The zero-order chi connectivity index (χ0) is 13.2. The van der Waals surface area contributed by atoms with Crippen molar-refractivity contribution in [2.24, 2.45) is 0 Å². The van der Waals surface area contributed by atoms with Gasteiger partial charge in [0.05, 0.1) is 0 Å². The molecule has 3 aromatic rings. The van der Waals surface area contributed by atoms with Crippen LogP contribution < -0.4 is 5.32 Å². The van der Waals surface area contributed by atoms with Gasteiger partial charge in [-0.3, -0.25) is 15.1 Å². The number of pyridine rings is 2. The van der Waals surface area contributed by atoms with E-state index in [0.717, 1.165) is 5.56 Å². The number of hydrogen-bond donors (Lipinski definition) is 1. The highest BCUT2D eigenvalue weighted by Gasteiger charge is 2.09. The van der Waals surface area contributed by atoms with E-state index in [0.29, 0.717) is 11.2 Å². The largest absolute Gasteiger partial charge is 0.289 e. The summed E-state index contributed by atoms with van der Waals surface area (Å²) in [6, 6.07) is 7.06. The van der Waals surface area contributed by atoms with Gasteiger partial charge >= 0.3 is 0 Å². The summed E-state index contributed by atoms with van der Waals surface area (Å²) in [5.74, 6) is 0.0300. The van der Waals surface area contributed by atoms with Crippen molar-refractivity contribution < 1.29 is 4.79 Å². The number of hydrogen-bond acceptors (Lipinski definition) is 4. The molecule has 0 spiro atoms. The van der Waals surface area contributed by atoms with Gasteiger partial charge in [-0.15, -0.1) is 5.10 Å². The van der Waals surface area contributed by atoms with E-state index in [-0.39, 0.29) is 11.9 Å². The fraction of sp³-hybridized carbons (Fsp3) is 0.0769. The van der Waals surface area contributed by atoms with Crippen LogP contribution in [0.25, 0.3) is 5.65 Å². The first-order chi connectivity index (χ1) is 9.22. The summed E-state index contributed by atoms with van der Waals surface area (Å²) in [7, 11) is 0. The summed E-state index contributed by atoms with van der Waals surface area (Å²) >= 11 is 0. The minimum Gasteiger partial charge on any atom is -0.289 e. The molecule has 6 heteroatoms. The molecule has 3 aromatic heterocycles. The minimum atomic E-state index is -0.255. The Morgan fingerprint density at radius 1 is 1.21 bits per heavy atom. The van der Waals surface area contributed by atoms with E-state index >= 15 is 0 Å². The number of carbonyl (C=O) groups is 1. The van der Waals surface area contributed by atoms with E-state index in [4.69, 9.17) is 0 Å². The standard InChI is InChI=1S/C13H11N5O/c1-9-2-3-11-15-13(17-18(11)8-9)16-12(19)10-4-6-14-7-5-10/h2-8H,1H3,(H,16,17,19). The van der Waals surface area contributed by atoms with Crippen LogP contribution in [-0.2, 0) is 0 Å². The van der Waals surface area contributed by atoms with Gasteiger partial charge in [0.15, 0.2) is 5.65 Å². The third-order valence-electron chi connectivity index (χ3n) is 2.65. The normalized spacial score (nSPS) is 10.6. The van der Waals surface area contributed by atoms with Crippen molar-refractivity contribution in [3.63, 3.8) is 0 Å². The molecule has 0 aliphatic rings. The molecule has 0 saturated carbocycles. The Morgan fingerprint density at radius 2 is 2.00 bits per heavy atom. The van der Waals surface area contributed by atoms with Gasteiger partial charge in [-0.1, -0.05) is 6.07 Å². The van der Waals surface area contributed by atoms with Crippen molar-refractivity contribution in [1.82, 2.24) is 19.6 Å². The van der Waals surface area contributed by atoms with Crippen LogP contribution in [-0.4, -0.2) is 25.5 Å². The van der Waals surface area contributed by atoms with Crippen LogP contribution in [0, 0.1) is 6.92 Å². The average molecular weight is 253 g/mol. The zero-order valence-electron chi connectivity index (χ0n) is 10.2. The highest BCUT2D eigenvalue weighted by molar-refractivity contribution is 6.03. The van der Waals surface area contributed by atoms with Gasteiger partial charge in [-0.2, -0.15) is 4.98 Å². The van der Waals surface area contributed by atoms with Gasteiger partial charge in [-0.25, -0.2) is 4.52 Å². The Morgan fingerprint density at radius 3 is 2.79 bits per heavy atom. The summed E-state index contributed by atoms with van der Waals surface area (Å²) in [5, 5.41) is 6.85. The van der Waals surface area contributed by atoms with Crippen molar-refractivity contribution >= 4 is 17.5 Å². The first kappa shape index (κ1) is 11.3. The molecule has 0 atom stereocenters. The van der Waals surface area contributed by atoms with Crippen molar-refractivity contribution in [2.75, 3.05) is 5.32 Å². The second-order valence-corrected chi connectivity index (χ2v) is 4.13. The average Bonchev–Trinajstić information content (AvgIpc) is 2.81. The number of carbonyl (C=O) groups excluding carboxylic acids is 1. The maximum absolute atomic E-state index is 11.9. The van der Waals surface area contributed by atoms with E-state index in [9.17, 15) is 4.79 Å². The van der Waals surface area contributed by atoms with Crippen LogP contribution in [0.4, 0.5) is 5.95 Å². The fourth-order valence-electron chi connectivity index (χ4n) is 1.72. The summed E-state index contributed by atoms with van der Waals surface area (Å²) in [6.07, 6.45) is 4.98. The molecular formula is C13H11N5O. The molecule has 0 radical (unpaired) electrons. The minimum absolute atomic E-state index is 0.255. The second kappa shape index (κ2) is 4.49. The van der Waals surface area contributed by atoms with Crippen LogP contribution >= 0.6 is 0 Å². The lowest BCUT2D eigenvalue weighted by atomic mass is 10.2. The molecule has 1 N–H and O–H groups in total. The van der Waals surface area contributed by atoms with Crippen molar-refractivity contribution in [2.45, 2.75) is 6.92 Å². The number of nitrogens with one attached hydrogen (secondary N) is 1. The van der Waals surface area contributed by atoms with Crippen LogP contribution in [0.3, 0.4) is 0 Å². The van der Waals surface area contributed by atoms with Gasteiger partial charge in [0.25, 0.3) is 5.91 Å². The number of nitrogens with zero attached hydrogens (tertiary/aromatic N) is 4. The molecule has 0 aromatic carbocycles. The van der Waals surface area contributed by atoms with Crippen LogP contribution in [0.15, 0.2) is 42.9 Å². The van der Waals surface area contributed by atoms with E-state index in [2.05, 4.69) is 20.4 Å². The molecule has 3 rings (SSSR count). The lowest BCUT2D eigenvalue weighted by Gasteiger charge is -1.99. The number of aryl methyl sites for hydroxylation is 1.